The molecular weight excluding hydrogens is 378 g/mol. The number of halogens is 2. The van der Waals surface area contributed by atoms with Crippen molar-refractivity contribution in [3.8, 4) is 11.1 Å². The average Bonchev–Trinajstić information content (AvgIpc) is 3.09. The Morgan fingerprint density at radius 1 is 1.18 bits per heavy atom. The monoisotopic (exact) mass is 402 g/mol. The minimum atomic E-state index is -0.723. The van der Waals surface area contributed by atoms with Crippen LogP contribution in [0.4, 0.5) is 8.78 Å². The van der Waals surface area contributed by atoms with Gasteiger partial charge in [-0.05, 0) is 29.7 Å². The lowest BCUT2D eigenvalue weighted by molar-refractivity contribution is 0.174. The minimum Gasteiger partial charge on any atom is -0.389 e. The SMILES string of the molecule is CCC(O)c1ccc2c(-c3cccc(C(N)=S)c3)cn(CC(CF)CF)c2c1. The van der Waals surface area contributed by atoms with Crippen molar-refractivity contribution in [1.82, 2.24) is 4.57 Å². The highest BCUT2D eigenvalue weighted by atomic mass is 32.1. The maximum Gasteiger partial charge on any atom is 0.104 e. The Kier molecular flexibility index (Phi) is 6.42. The summed E-state index contributed by atoms with van der Waals surface area (Å²) in [6.07, 6.45) is 1.92. The maximum absolute atomic E-state index is 13.2. The number of nitrogens with zero attached hydrogens (tertiary/aromatic N) is 1. The molecule has 0 bridgehead atoms. The molecule has 3 N–H and O–H groups in total. The molecule has 3 rings (SSSR count). The van der Waals surface area contributed by atoms with Crippen molar-refractivity contribution in [2.45, 2.75) is 26.0 Å². The van der Waals surface area contributed by atoms with E-state index in [9.17, 15) is 13.9 Å². The molecule has 3 aromatic rings. The van der Waals surface area contributed by atoms with E-state index in [1.165, 1.54) is 0 Å². The summed E-state index contributed by atoms with van der Waals surface area (Å²) in [6.45, 7) is 0.687. The third-order valence-electron chi connectivity index (χ3n) is 5.03. The summed E-state index contributed by atoms with van der Waals surface area (Å²) in [5.74, 6) is -0.703. The van der Waals surface area contributed by atoms with Crippen LogP contribution < -0.4 is 5.73 Å². The van der Waals surface area contributed by atoms with Gasteiger partial charge in [-0.1, -0.05) is 49.5 Å². The number of benzene rings is 2. The topological polar surface area (TPSA) is 51.2 Å². The van der Waals surface area contributed by atoms with Gasteiger partial charge in [-0.3, -0.25) is 8.78 Å². The van der Waals surface area contributed by atoms with Gasteiger partial charge in [0, 0.05) is 40.7 Å². The number of aliphatic hydroxyl groups is 1. The smallest absolute Gasteiger partial charge is 0.104 e. The largest absolute Gasteiger partial charge is 0.389 e. The Bertz CT molecular complexity index is 982. The van der Waals surface area contributed by atoms with Gasteiger partial charge in [-0.25, -0.2) is 0 Å². The second-order valence-electron chi connectivity index (χ2n) is 7.02. The molecule has 28 heavy (non-hydrogen) atoms. The van der Waals surface area contributed by atoms with Gasteiger partial charge in [0.1, 0.15) is 4.99 Å². The van der Waals surface area contributed by atoms with Crippen LogP contribution in [0.2, 0.25) is 0 Å². The number of hydrogen-bond donors (Lipinski definition) is 2. The molecule has 0 aliphatic heterocycles. The quantitative estimate of drug-likeness (QED) is 0.525. The maximum atomic E-state index is 13.2. The van der Waals surface area contributed by atoms with E-state index in [-0.39, 0.29) is 6.54 Å². The first-order valence-electron chi connectivity index (χ1n) is 9.31. The van der Waals surface area contributed by atoms with E-state index in [2.05, 4.69) is 0 Å². The van der Waals surface area contributed by atoms with Crippen molar-refractivity contribution >= 4 is 28.1 Å². The fourth-order valence-corrected chi connectivity index (χ4v) is 3.52. The average molecular weight is 403 g/mol. The predicted molar refractivity (Wildman–Crippen MR) is 114 cm³/mol. The molecule has 0 saturated heterocycles. The van der Waals surface area contributed by atoms with Crippen LogP contribution in [0.15, 0.2) is 48.7 Å². The van der Waals surface area contributed by atoms with Crippen molar-refractivity contribution in [2.24, 2.45) is 11.7 Å². The third-order valence-corrected chi connectivity index (χ3v) is 5.26. The highest BCUT2D eigenvalue weighted by Crippen LogP contribution is 2.34. The van der Waals surface area contributed by atoms with Crippen LogP contribution in [-0.4, -0.2) is 28.0 Å². The minimum absolute atomic E-state index is 0.226. The van der Waals surface area contributed by atoms with E-state index in [0.717, 1.165) is 33.2 Å². The van der Waals surface area contributed by atoms with Gasteiger partial charge in [0.15, 0.2) is 0 Å². The predicted octanol–water partition coefficient (Wildman–Crippen LogP) is 4.94. The summed E-state index contributed by atoms with van der Waals surface area (Å²) in [5.41, 5.74) is 10.0. The van der Waals surface area contributed by atoms with E-state index in [4.69, 9.17) is 18.0 Å². The molecule has 0 aliphatic rings. The van der Waals surface area contributed by atoms with Crippen molar-refractivity contribution in [3.63, 3.8) is 0 Å². The van der Waals surface area contributed by atoms with Gasteiger partial charge in [0.25, 0.3) is 0 Å². The molecule has 0 fully saturated rings. The fraction of sp³-hybridized carbons (Fsp3) is 0.318. The Balaban J connectivity index is 2.17. The number of aromatic nitrogens is 1. The zero-order chi connectivity index (χ0) is 20.3. The number of alkyl halides is 2. The molecule has 0 spiro atoms. The second kappa shape index (κ2) is 8.80. The molecule has 0 radical (unpaired) electrons. The fourth-order valence-electron chi connectivity index (χ4n) is 3.39. The van der Waals surface area contributed by atoms with E-state index in [1.54, 1.807) is 0 Å². The van der Waals surface area contributed by atoms with E-state index in [1.807, 2.05) is 60.2 Å². The molecule has 0 amide bonds. The number of nitrogens with two attached hydrogens (primary N) is 1. The highest BCUT2D eigenvalue weighted by molar-refractivity contribution is 7.80. The molecular formula is C22H24F2N2OS. The third kappa shape index (κ3) is 4.08. The Hall–Kier alpha value is -2.31. The van der Waals surface area contributed by atoms with Crippen LogP contribution in [0, 0.1) is 5.92 Å². The van der Waals surface area contributed by atoms with Gasteiger partial charge in [-0.15, -0.1) is 0 Å². The number of fused-ring (bicyclic) bond motifs is 1. The Morgan fingerprint density at radius 3 is 2.57 bits per heavy atom. The molecule has 3 nitrogen and oxygen atoms in total. The van der Waals surface area contributed by atoms with Crippen LogP contribution in [0.1, 0.15) is 30.6 Å². The second-order valence-corrected chi connectivity index (χ2v) is 7.46. The van der Waals surface area contributed by atoms with Crippen molar-refractivity contribution in [3.05, 3.63) is 59.8 Å². The van der Waals surface area contributed by atoms with Crippen molar-refractivity contribution in [1.29, 1.82) is 0 Å². The van der Waals surface area contributed by atoms with Gasteiger partial charge >= 0.3 is 0 Å². The van der Waals surface area contributed by atoms with Crippen LogP contribution in [0.25, 0.3) is 22.0 Å². The van der Waals surface area contributed by atoms with E-state index < -0.39 is 25.4 Å². The molecule has 0 aliphatic carbocycles. The first-order chi connectivity index (χ1) is 13.5. The van der Waals surface area contributed by atoms with Gasteiger partial charge in [-0.2, -0.15) is 0 Å². The summed E-state index contributed by atoms with van der Waals surface area (Å²) in [5, 5.41) is 11.2. The molecule has 1 aromatic heterocycles. The summed E-state index contributed by atoms with van der Waals surface area (Å²) >= 11 is 5.08. The summed E-state index contributed by atoms with van der Waals surface area (Å²) in [7, 11) is 0. The lowest BCUT2D eigenvalue weighted by Gasteiger charge is -2.13. The van der Waals surface area contributed by atoms with Crippen LogP contribution in [0.5, 0.6) is 0 Å². The molecule has 1 heterocycles. The van der Waals surface area contributed by atoms with Crippen molar-refractivity contribution < 1.29 is 13.9 Å². The lowest BCUT2D eigenvalue weighted by atomic mass is 10.00. The number of aliphatic hydroxyl groups excluding tert-OH is 1. The van der Waals surface area contributed by atoms with Crippen LogP contribution >= 0.6 is 12.2 Å². The molecule has 148 valence electrons. The Labute approximate surface area is 168 Å². The number of rotatable bonds is 8. The van der Waals surface area contributed by atoms with E-state index in [0.29, 0.717) is 11.4 Å². The van der Waals surface area contributed by atoms with Crippen molar-refractivity contribution in [2.75, 3.05) is 13.3 Å². The highest BCUT2D eigenvalue weighted by Gasteiger charge is 2.17. The first-order valence-corrected chi connectivity index (χ1v) is 9.72. The lowest BCUT2D eigenvalue weighted by Crippen LogP contribution is -2.14. The molecule has 1 atom stereocenters. The summed E-state index contributed by atoms with van der Waals surface area (Å²) in [6, 6.07) is 13.3. The number of hydrogen-bond acceptors (Lipinski definition) is 2. The first kappa shape index (κ1) is 20.4. The van der Waals surface area contributed by atoms with Gasteiger partial charge in [0.2, 0.25) is 0 Å². The molecule has 1 unspecified atom stereocenters. The number of thiocarbonyl (C=S) groups is 1. The Morgan fingerprint density at radius 2 is 1.93 bits per heavy atom. The standard InChI is InChI=1S/C22H24F2N2OS/c1-2-21(27)16-6-7-18-19(15-4-3-5-17(8-15)22(25)28)13-26(20(18)9-16)12-14(10-23)11-24/h3-9,13-14,21,27H,2,10-12H2,1H3,(H2,25,28). The van der Waals surface area contributed by atoms with Gasteiger partial charge in [0.05, 0.1) is 19.5 Å². The van der Waals surface area contributed by atoms with Crippen LogP contribution in [-0.2, 0) is 6.54 Å². The zero-order valence-electron chi connectivity index (χ0n) is 15.7. The molecule has 6 heteroatoms. The summed E-state index contributed by atoms with van der Waals surface area (Å²) < 4.78 is 28.2. The summed E-state index contributed by atoms with van der Waals surface area (Å²) in [4.78, 5) is 0.314. The molecule has 0 saturated carbocycles. The van der Waals surface area contributed by atoms with Gasteiger partial charge < -0.3 is 15.4 Å². The van der Waals surface area contributed by atoms with E-state index >= 15 is 0 Å². The normalized spacial score (nSPS) is 12.6. The zero-order valence-corrected chi connectivity index (χ0v) is 16.6. The van der Waals surface area contributed by atoms with Crippen LogP contribution in [0.3, 0.4) is 0 Å². The molecule has 2 aromatic carbocycles.